The molecule has 1 rings (SSSR count). The summed E-state index contributed by atoms with van der Waals surface area (Å²) >= 11 is 0. The van der Waals surface area contributed by atoms with Crippen LogP contribution in [0.25, 0.3) is 0 Å². The third-order valence-corrected chi connectivity index (χ3v) is 6.56. The molecule has 0 amide bonds. The molecule has 6 heteroatoms. The van der Waals surface area contributed by atoms with Crippen molar-refractivity contribution in [3.05, 3.63) is 35.4 Å². The molecular formula is C32H54O6. The van der Waals surface area contributed by atoms with Gasteiger partial charge in [0, 0.05) is 26.1 Å². The van der Waals surface area contributed by atoms with Crippen LogP contribution in [0.2, 0.25) is 0 Å². The molecule has 1 aromatic rings. The number of ether oxygens (including phenoxy) is 4. The molecule has 0 atom stereocenters. The van der Waals surface area contributed by atoms with E-state index < -0.39 is 11.2 Å². The second-order valence-corrected chi connectivity index (χ2v) is 11.7. The Labute approximate surface area is 232 Å². The highest BCUT2D eigenvalue weighted by Crippen LogP contribution is 2.20. The fourth-order valence-electron chi connectivity index (χ4n) is 3.79. The van der Waals surface area contributed by atoms with E-state index >= 15 is 0 Å². The Bertz CT molecular complexity index is 728. The van der Waals surface area contributed by atoms with Crippen molar-refractivity contribution in [1.29, 1.82) is 0 Å². The first kappa shape index (κ1) is 34.4. The molecular weight excluding hydrogens is 480 g/mol. The van der Waals surface area contributed by atoms with Crippen LogP contribution in [0.15, 0.2) is 24.3 Å². The van der Waals surface area contributed by atoms with Gasteiger partial charge in [-0.05, 0) is 92.2 Å². The van der Waals surface area contributed by atoms with Gasteiger partial charge >= 0.3 is 0 Å². The first-order chi connectivity index (χ1) is 17.8. The van der Waals surface area contributed by atoms with Gasteiger partial charge in [-0.2, -0.15) is 0 Å². The quantitative estimate of drug-likeness (QED) is 0.144. The van der Waals surface area contributed by atoms with Gasteiger partial charge in [0.25, 0.3) is 0 Å². The molecule has 0 saturated carbocycles. The van der Waals surface area contributed by atoms with E-state index in [0.717, 1.165) is 62.9 Å². The Morgan fingerprint density at radius 1 is 0.605 bits per heavy atom. The molecule has 1 aromatic carbocycles. The smallest absolute Gasteiger partial charge is 0.164 e. The van der Waals surface area contributed by atoms with Gasteiger partial charge in [-0.25, -0.2) is 0 Å². The second kappa shape index (κ2) is 17.9. The monoisotopic (exact) mass is 534 g/mol. The molecule has 0 N–H and O–H groups in total. The first-order valence-electron chi connectivity index (χ1n) is 14.5. The zero-order chi connectivity index (χ0) is 28.6. The third kappa shape index (κ3) is 15.1. The van der Waals surface area contributed by atoms with E-state index in [1.807, 2.05) is 79.7 Å². The summed E-state index contributed by atoms with van der Waals surface area (Å²) in [7, 11) is 0. The lowest BCUT2D eigenvalue weighted by Crippen LogP contribution is -2.35. The SMILES string of the molecule is CC(C)OCCCCCC(=O)C(C)(C)OCc1ccc(COC(C)(C)C(=O)CCCCCOC(C)C)cc1. The summed E-state index contributed by atoms with van der Waals surface area (Å²) in [6.07, 6.45) is 7.16. The van der Waals surface area contributed by atoms with E-state index in [1.54, 1.807) is 0 Å². The molecule has 0 saturated heterocycles. The van der Waals surface area contributed by atoms with E-state index in [4.69, 9.17) is 18.9 Å². The molecule has 38 heavy (non-hydrogen) atoms. The number of hydrogen-bond acceptors (Lipinski definition) is 6. The van der Waals surface area contributed by atoms with Crippen molar-refractivity contribution in [3.8, 4) is 0 Å². The lowest BCUT2D eigenvalue weighted by atomic mass is 9.97. The minimum atomic E-state index is -0.817. The average molecular weight is 535 g/mol. The summed E-state index contributed by atoms with van der Waals surface area (Å²) in [5.74, 6) is 0.256. The molecule has 0 aliphatic heterocycles. The maximum atomic E-state index is 12.6. The summed E-state index contributed by atoms with van der Waals surface area (Å²) in [6.45, 7) is 17.7. The molecule has 0 radical (unpaired) electrons. The van der Waals surface area contributed by atoms with E-state index in [2.05, 4.69) is 0 Å². The van der Waals surface area contributed by atoms with Crippen LogP contribution in [-0.4, -0.2) is 48.2 Å². The Morgan fingerprint density at radius 2 is 0.947 bits per heavy atom. The maximum Gasteiger partial charge on any atom is 0.164 e. The molecule has 0 aliphatic rings. The van der Waals surface area contributed by atoms with Crippen LogP contribution in [0.1, 0.15) is 118 Å². The fourth-order valence-corrected chi connectivity index (χ4v) is 3.79. The first-order valence-corrected chi connectivity index (χ1v) is 14.5. The fraction of sp³-hybridized carbons (Fsp3) is 0.750. The highest BCUT2D eigenvalue weighted by atomic mass is 16.5. The van der Waals surface area contributed by atoms with Crippen LogP contribution < -0.4 is 0 Å². The van der Waals surface area contributed by atoms with Gasteiger partial charge in [0.15, 0.2) is 11.6 Å². The Kier molecular flexibility index (Phi) is 16.2. The number of rotatable bonds is 22. The van der Waals surface area contributed by atoms with Crippen molar-refractivity contribution in [3.63, 3.8) is 0 Å². The minimum Gasteiger partial charge on any atom is -0.379 e. The van der Waals surface area contributed by atoms with Crippen molar-refractivity contribution in [2.75, 3.05) is 13.2 Å². The van der Waals surface area contributed by atoms with E-state index in [0.29, 0.717) is 26.1 Å². The van der Waals surface area contributed by atoms with Gasteiger partial charge in [0.2, 0.25) is 0 Å². The molecule has 218 valence electrons. The minimum absolute atomic E-state index is 0.128. The van der Waals surface area contributed by atoms with Crippen molar-refractivity contribution in [2.24, 2.45) is 0 Å². The summed E-state index contributed by atoms with van der Waals surface area (Å²) in [5, 5.41) is 0. The molecule has 0 aromatic heterocycles. The number of hydrogen-bond donors (Lipinski definition) is 0. The lowest BCUT2D eigenvalue weighted by molar-refractivity contribution is -0.142. The van der Waals surface area contributed by atoms with Crippen LogP contribution in [0, 0.1) is 0 Å². The summed E-state index contributed by atoms with van der Waals surface area (Å²) in [6, 6.07) is 7.95. The van der Waals surface area contributed by atoms with Crippen LogP contribution in [0.3, 0.4) is 0 Å². The van der Waals surface area contributed by atoms with Crippen molar-refractivity contribution in [2.45, 2.75) is 143 Å². The van der Waals surface area contributed by atoms with E-state index in [9.17, 15) is 9.59 Å². The van der Waals surface area contributed by atoms with E-state index in [-0.39, 0.29) is 23.8 Å². The summed E-state index contributed by atoms with van der Waals surface area (Å²) in [4.78, 5) is 25.3. The highest BCUT2D eigenvalue weighted by Gasteiger charge is 2.28. The van der Waals surface area contributed by atoms with Crippen molar-refractivity contribution >= 4 is 11.6 Å². The van der Waals surface area contributed by atoms with Crippen LogP contribution >= 0.6 is 0 Å². The number of unbranched alkanes of at least 4 members (excludes halogenated alkanes) is 4. The zero-order valence-corrected chi connectivity index (χ0v) is 25.4. The van der Waals surface area contributed by atoms with Gasteiger partial charge in [0.05, 0.1) is 25.4 Å². The molecule has 0 aliphatic carbocycles. The Hall–Kier alpha value is -1.60. The van der Waals surface area contributed by atoms with Gasteiger partial charge in [0.1, 0.15) is 11.2 Å². The zero-order valence-electron chi connectivity index (χ0n) is 25.4. The van der Waals surface area contributed by atoms with Gasteiger partial charge in [-0.15, -0.1) is 0 Å². The van der Waals surface area contributed by atoms with Gasteiger partial charge < -0.3 is 18.9 Å². The number of Topliss-reactive ketones (excluding diaryl/α,β-unsaturated/α-hetero) is 2. The molecule has 6 nitrogen and oxygen atoms in total. The normalized spacial score (nSPS) is 12.5. The standard InChI is InChI=1S/C32H54O6/c1-25(2)35-21-13-9-11-15-29(33)31(5,6)37-23-27-17-19-28(20-18-27)24-38-32(7,8)30(34)16-12-10-14-22-36-26(3)4/h17-20,25-26H,9-16,21-24H2,1-8H3. The summed E-state index contributed by atoms with van der Waals surface area (Å²) in [5.41, 5.74) is 0.360. The molecule has 0 fully saturated rings. The van der Waals surface area contributed by atoms with Crippen LogP contribution in [0.4, 0.5) is 0 Å². The van der Waals surface area contributed by atoms with Gasteiger partial charge in [-0.3, -0.25) is 9.59 Å². The van der Waals surface area contributed by atoms with Crippen molar-refractivity contribution < 1.29 is 28.5 Å². The van der Waals surface area contributed by atoms with E-state index in [1.165, 1.54) is 0 Å². The predicted molar refractivity (Wildman–Crippen MR) is 153 cm³/mol. The number of carbonyl (C=O) groups excluding carboxylic acids is 2. The topological polar surface area (TPSA) is 71.1 Å². The summed E-state index contributed by atoms with van der Waals surface area (Å²) < 4.78 is 23.1. The molecule has 0 spiro atoms. The Balaban J connectivity index is 2.35. The Morgan fingerprint density at radius 3 is 1.26 bits per heavy atom. The largest absolute Gasteiger partial charge is 0.379 e. The van der Waals surface area contributed by atoms with Crippen LogP contribution in [0.5, 0.6) is 0 Å². The molecule has 0 bridgehead atoms. The second-order valence-electron chi connectivity index (χ2n) is 11.7. The third-order valence-electron chi connectivity index (χ3n) is 6.56. The average Bonchev–Trinajstić information content (AvgIpc) is 2.85. The molecule has 0 heterocycles. The predicted octanol–water partition coefficient (Wildman–Crippen LogP) is 7.39. The molecule has 0 unspecified atom stereocenters. The van der Waals surface area contributed by atoms with Gasteiger partial charge in [-0.1, -0.05) is 37.1 Å². The number of ketones is 2. The maximum absolute atomic E-state index is 12.6. The number of carbonyl (C=O) groups is 2. The van der Waals surface area contributed by atoms with Crippen molar-refractivity contribution in [1.82, 2.24) is 0 Å². The number of benzene rings is 1. The van der Waals surface area contributed by atoms with Crippen LogP contribution in [-0.2, 0) is 41.8 Å². The lowest BCUT2D eigenvalue weighted by Gasteiger charge is -2.25. The highest BCUT2D eigenvalue weighted by molar-refractivity contribution is 5.86.